The van der Waals surface area contributed by atoms with Gasteiger partial charge in [0.2, 0.25) is 10.3 Å². The number of rotatable bonds is 10. The van der Waals surface area contributed by atoms with Gasteiger partial charge < -0.3 is 18.8 Å². The van der Waals surface area contributed by atoms with E-state index >= 15 is 0 Å². The number of amides is 1. The van der Waals surface area contributed by atoms with Gasteiger partial charge in [0.25, 0.3) is 0 Å². The van der Waals surface area contributed by atoms with E-state index in [-0.39, 0.29) is 18.4 Å². The van der Waals surface area contributed by atoms with Crippen LogP contribution >= 0.6 is 0 Å². The van der Waals surface area contributed by atoms with Crippen LogP contribution in [0.15, 0.2) is 18.5 Å². The molecule has 1 aliphatic carbocycles. The number of carbonyl (C=O) groups is 1. The molecule has 9 nitrogen and oxygen atoms in total. The summed E-state index contributed by atoms with van der Waals surface area (Å²) >= 11 is 0. The first-order valence-corrected chi connectivity index (χ1v) is 18.5. The Morgan fingerprint density at radius 3 is 2.17 bits per heavy atom. The van der Waals surface area contributed by atoms with Crippen LogP contribution in [0.25, 0.3) is 11.0 Å². The molecule has 0 saturated heterocycles. The van der Waals surface area contributed by atoms with E-state index in [1.54, 1.807) is 34.1 Å². The van der Waals surface area contributed by atoms with Gasteiger partial charge in [-0.3, -0.25) is 4.90 Å². The van der Waals surface area contributed by atoms with Crippen LogP contribution in [0.3, 0.4) is 0 Å². The Kier molecular flexibility index (Phi) is 11.0. The third kappa shape index (κ3) is 7.05. The lowest BCUT2D eigenvalue weighted by Crippen LogP contribution is -2.51. The Morgan fingerprint density at radius 1 is 1.12 bits per heavy atom. The Hall–Kier alpha value is -2.37. The molecular formula is C31H51N3O6SSi. The zero-order valence-corrected chi connectivity index (χ0v) is 28.9. The Bertz CT molecular complexity index is 1340. The number of carbonyl (C=O) groups excluding carboxylic acids is 1. The summed E-state index contributed by atoms with van der Waals surface area (Å²) in [5.41, 5.74) is 3.36. The lowest BCUT2D eigenvalue weighted by molar-refractivity contribution is 0.0320. The summed E-state index contributed by atoms with van der Waals surface area (Å²) in [6, 6.07) is 2.10. The highest BCUT2D eigenvalue weighted by Crippen LogP contribution is 2.47. The van der Waals surface area contributed by atoms with Crippen molar-refractivity contribution in [2.45, 2.75) is 116 Å². The summed E-state index contributed by atoms with van der Waals surface area (Å²) < 4.78 is 36.4. The van der Waals surface area contributed by atoms with Gasteiger partial charge in [0.05, 0.1) is 19.4 Å². The molecule has 0 aromatic carbocycles. The van der Waals surface area contributed by atoms with Gasteiger partial charge in [-0.1, -0.05) is 41.5 Å². The van der Waals surface area contributed by atoms with E-state index in [4.69, 9.17) is 14.5 Å². The number of hydrogen-bond donors (Lipinski definition) is 1. The Labute approximate surface area is 254 Å². The minimum atomic E-state index is -2.53. The number of fused-ring (bicyclic) bond motifs is 1. The molecule has 42 heavy (non-hydrogen) atoms. The molecule has 1 amide bonds. The van der Waals surface area contributed by atoms with Gasteiger partial charge in [0.15, 0.2) is 8.24 Å². The van der Waals surface area contributed by atoms with Crippen molar-refractivity contribution in [3.8, 4) is 5.75 Å². The monoisotopic (exact) mass is 621 g/mol. The summed E-state index contributed by atoms with van der Waals surface area (Å²) in [5.74, 6) is 0.680. The van der Waals surface area contributed by atoms with Gasteiger partial charge in [0.1, 0.15) is 22.5 Å². The smallest absolute Gasteiger partial charge is 0.415 e. The van der Waals surface area contributed by atoms with Gasteiger partial charge in [-0.2, -0.15) is 8.42 Å². The molecule has 1 saturated carbocycles. The van der Waals surface area contributed by atoms with Crippen molar-refractivity contribution in [2.75, 3.05) is 13.7 Å². The zero-order valence-electron chi connectivity index (χ0n) is 27.0. The lowest BCUT2D eigenvalue weighted by atomic mass is 9.77. The van der Waals surface area contributed by atoms with E-state index in [9.17, 15) is 18.3 Å². The molecule has 2 aromatic rings. The van der Waals surface area contributed by atoms with Crippen LogP contribution in [0.1, 0.15) is 99.7 Å². The van der Waals surface area contributed by atoms with Crippen LogP contribution < -0.4 is 4.74 Å². The summed E-state index contributed by atoms with van der Waals surface area (Å²) in [4.78, 5) is 18.7. The quantitative estimate of drug-likeness (QED) is 0.230. The molecule has 11 heteroatoms. The number of nitrogens with zero attached hydrogens (tertiary/aromatic N) is 3. The van der Waals surface area contributed by atoms with Crippen molar-refractivity contribution in [3.05, 3.63) is 24.0 Å². The van der Waals surface area contributed by atoms with E-state index in [2.05, 4.69) is 58.0 Å². The molecule has 0 spiro atoms. The first-order valence-electron chi connectivity index (χ1n) is 15.2. The van der Waals surface area contributed by atoms with Crippen molar-refractivity contribution in [1.29, 1.82) is 0 Å². The summed E-state index contributed by atoms with van der Waals surface area (Å²) in [6.07, 6.45) is 5.50. The molecule has 1 N–H and O–H groups in total. The second-order valence-corrected chi connectivity index (χ2v) is 20.2. The third-order valence-corrected chi connectivity index (χ3v) is 16.2. The minimum absolute atomic E-state index is 0.000931. The number of hydrogen-bond acceptors (Lipinski definition) is 7. The third-order valence-electron chi connectivity index (χ3n) is 9.06. The van der Waals surface area contributed by atoms with E-state index in [1.807, 2.05) is 0 Å². The summed E-state index contributed by atoms with van der Waals surface area (Å²) in [7, 11) is -2.97. The maximum atomic E-state index is 12.7. The highest BCUT2D eigenvalue weighted by atomic mass is 32.2. The Balaban J connectivity index is 1.89. The summed E-state index contributed by atoms with van der Waals surface area (Å²) in [5, 5.41) is 12.8. The van der Waals surface area contributed by atoms with Gasteiger partial charge in [-0.15, -0.1) is 0 Å². The zero-order chi connectivity index (χ0) is 31.6. The van der Waals surface area contributed by atoms with Crippen LogP contribution in [0.5, 0.6) is 5.75 Å². The van der Waals surface area contributed by atoms with E-state index in [0.717, 1.165) is 52.7 Å². The van der Waals surface area contributed by atoms with Crippen LogP contribution in [-0.4, -0.2) is 66.7 Å². The number of aliphatic hydroxyl groups excluding tert-OH is 1. The van der Waals surface area contributed by atoms with Crippen LogP contribution in [-0.2, 0) is 15.0 Å². The molecule has 0 aliphatic heterocycles. The van der Waals surface area contributed by atoms with Crippen LogP contribution in [0.2, 0.25) is 16.6 Å². The van der Waals surface area contributed by atoms with E-state index < -0.39 is 36.3 Å². The highest BCUT2D eigenvalue weighted by molar-refractivity contribution is 7.71. The van der Waals surface area contributed by atoms with Crippen molar-refractivity contribution in [3.63, 3.8) is 0 Å². The molecule has 0 bridgehead atoms. The number of pyridine rings is 1. The highest BCUT2D eigenvalue weighted by Gasteiger charge is 2.46. The van der Waals surface area contributed by atoms with E-state index in [0.29, 0.717) is 22.4 Å². The van der Waals surface area contributed by atoms with Crippen molar-refractivity contribution in [1.82, 2.24) is 14.1 Å². The molecule has 1 unspecified atom stereocenters. The molecule has 1 aliphatic rings. The molecule has 0 radical (unpaired) electrons. The molecule has 236 valence electrons. The largest absolute Gasteiger partial charge is 0.495 e. The number of ether oxygens (including phenoxy) is 2. The maximum Gasteiger partial charge on any atom is 0.415 e. The summed E-state index contributed by atoms with van der Waals surface area (Å²) in [6.45, 7) is 19.5. The minimum Gasteiger partial charge on any atom is -0.495 e. The van der Waals surface area contributed by atoms with E-state index in [1.165, 1.54) is 0 Å². The lowest BCUT2D eigenvalue weighted by Gasteiger charge is -2.44. The predicted molar refractivity (Wildman–Crippen MR) is 171 cm³/mol. The number of methoxy groups -OCH3 is 1. The molecule has 1 fully saturated rings. The molecular weight excluding hydrogens is 571 g/mol. The van der Waals surface area contributed by atoms with Crippen LogP contribution in [0, 0.1) is 11.8 Å². The maximum absolute atomic E-state index is 12.7. The average Bonchev–Trinajstić information content (AvgIpc) is 3.30. The van der Waals surface area contributed by atoms with Gasteiger partial charge >= 0.3 is 6.09 Å². The fraction of sp³-hybridized carbons (Fsp3) is 0.710. The van der Waals surface area contributed by atoms with Gasteiger partial charge in [-0.25, -0.2) is 9.78 Å². The fourth-order valence-electron chi connectivity index (χ4n) is 7.49. The second-order valence-electron chi connectivity index (χ2n) is 13.7. The van der Waals surface area contributed by atoms with Crippen molar-refractivity contribution < 1.29 is 27.8 Å². The first kappa shape index (κ1) is 34.1. The van der Waals surface area contributed by atoms with Crippen molar-refractivity contribution in [2.24, 2.45) is 11.8 Å². The number of aromatic nitrogens is 2. The average molecular weight is 622 g/mol. The van der Waals surface area contributed by atoms with Gasteiger partial charge in [0, 0.05) is 17.5 Å². The molecule has 2 aromatic heterocycles. The number of aliphatic hydroxyl groups is 1. The molecule has 3 rings (SSSR count). The second kappa shape index (κ2) is 13.5. The fourth-order valence-corrected chi connectivity index (χ4v) is 14.4. The van der Waals surface area contributed by atoms with Gasteiger partial charge in [-0.05, 0) is 87.2 Å². The standard InChI is InChI=1S/C31H51N3O6SSi/c1-20(2)42(21(3)4,22(5)6)34-16-15-25-27(26(39-10)17-32-29(25)34)28(35)24-13-11-23(12-14-24)18-33(19-41(37)38)30(36)40-31(7,8)9/h15-17,19-24,28,35H,11-14,18H2,1-10H3. The first-order chi connectivity index (χ1) is 19.5. The van der Waals surface area contributed by atoms with Crippen LogP contribution in [0.4, 0.5) is 4.79 Å². The predicted octanol–water partition coefficient (Wildman–Crippen LogP) is 6.78. The van der Waals surface area contributed by atoms with Crippen molar-refractivity contribution >= 4 is 41.1 Å². The molecule has 2 heterocycles. The topological polar surface area (TPSA) is 111 Å². The molecule has 1 atom stereocenters. The SMILES string of the molecule is COc1cnc2c(ccn2[Si](C(C)C)(C(C)C)C(C)C)c1C(O)C1CCC(CN(C=S(=O)=O)C(=O)OC(C)(C)C)CC1. The Morgan fingerprint density at radius 2 is 1.69 bits per heavy atom. The normalized spacial score (nSPS) is 18.9.